The number of pyridine rings is 1. The molecule has 7 heteroatoms. The summed E-state index contributed by atoms with van der Waals surface area (Å²) in [5.74, 6) is -0.257. The Bertz CT molecular complexity index is 1230. The Labute approximate surface area is 204 Å². The zero-order valence-corrected chi connectivity index (χ0v) is 20.5. The number of halogens is 2. The monoisotopic (exact) mass is 481 g/mol. The van der Waals surface area contributed by atoms with Gasteiger partial charge in [-0.15, -0.1) is 0 Å². The van der Waals surface area contributed by atoms with Crippen LogP contribution in [-0.4, -0.2) is 51.7 Å². The van der Waals surface area contributed by atoms with Crippen LogP contribution in [0.4, 0.5) is 9.18 Å². The summed E-state index contributed by atoms with van der Waals surface area (Å²) in [5, 5.41) is 1.41. The number of likely N-dealkylation sites (tertiary alicyclic amines) is 1. The third-order valence-electron chi connectivity index (χ3n) is 6.60. The number of amides is 1. The summed E-state index contributed by atoms with van der Waals surface area (Å²) in [7, 11) is 0. The Balaban J connectivity index is 1.29. The highest BCUT2D eigenvalue weighted by atomic mass is 35.5. The van der Waals surface area contributed by atoms with Crippen molar-refractivity contribution < 1.29 is 13.9 Å². The number of ether oxygens (including phenoxy) is 1. The molecule has 1 amide bonds. The van der Waals surface area contributed by atoms with Crippen molar-refractivity contribution in [2.75, 3.05) is 13.1 Å². The van der Waals surface area contributed by atoms with E-state index in [9.17, 15) is 4.79 Å². The second-order valence-corrected chi connectivity index (χ2v) is 10.7. The van der Waals surface area contributed by atoms with Crippen molar-refractivity contribution >= 4 is 28.6 Å². The Kier molecular flexibility index (Phi) is 5.98. The minimum absolute atomic E-state index is 0.147. The molecule has 0 radical (unpaired) electrons. The maximum atomic E-state index is 15.1. The standard InChI is InChI=1S/C27H29ClFN3O2/c1-27(2,3)34-26(33)32-19-6-7-20(32)16-31(15-19)14-17-4-8-21(24(29)12-17)18-5-9-25-22(13-18)23(28)10-11-30-25/h4-5,8-13,19-20H,6-7,14-16H2,1-3H3. The normalized spacial score (nSPS) is 20.7. The van der Waals surface area contributed by atoms with Crippen LogP contribution in [0, 0.1) is 5.82 Å². The number of nitrogens with zero attached hydrogens (tertiary/aromatic N) is 3. The highest BCUT2D eigenvalue weighted by Crippen LogP contribution is 2.33. The first-order valence-corrected chi connectivity index (χ1v) is 12.1. The molecule has 0 N–H and O–H groups in total. The van der Waals surface area contributed by atoms with E-state index in [1.807, 2.05) is 56.0 Å². The number of hydrogen-bond donors (Lipinski definition) is 0. The van der Waals surface area contributed by atoms with Crippen LogP contribution in [0.3, 0.4) is 0 Å². The first kappa shape index (κ1) is 23.1. The van der Waals surface area contributed by atoms with E-state index < -0.39 is 5.60 Å². The van der Waals surface area contributed by atoms with Crippen molar-refractivity contribution in [3.63, 3.8) is 0 Å². The Morgan fingerprint density at radius 1 is 1.12 bits per heavy atom. The van der Waals surface area contributed by atoms with Gasteiger partial charge < -0.3 is 4.74 Å². The van der Waals surface area contributed by atoms with Crippen LogP contribution in [0.1, 0.15) is 39.2 Å². The lowest BCUT2D eigenvalue weighted by Gasteiger charge is -2.41. The van der Waals surface area contributed by atoms with E-state index in [2.05, 4.69) is 9.88 Å². The number of fused-ring (bicyclic) bond motifs is 3. The maximum absolute atomic E-state index is 15.1. The van der Waals surface area contributed by atoms with Gasteiger partial charge in [0.05, 0.1) is 10.5 Å². The van der Waals surface area contributed by atoms with Gasteiger partial charge in [-0.1, -0.05) is 29.8 Å². The Morgan fingerprint density at radius 2 is 1.85 bits per heavy atom. The number of hydrogen-bond acceptors (Lipinski definition) is 4. The summed E-state index contributed by atoms with van der Waals surface area (Å²) >= 11 is 6.31. The van der Waals surface area contributed by atoms with E-state index in [1.165, 1.54) is 0 Å². The average molecular weight is 482 g/mol. The average Bonchev–Trinajstić information content (AvgIpc) is 3.04. The van der Waals surface area contributed by atoms with Gasteiger partial charge >= 0.3 is 6.09 Å². The lowest BCUT2D eigenvalue weighted by molar-refractivity contribution is -0.00542. The number of carbonyl (C=O) groups excluding carboxylic acids is 1. The molecule has 2 aliphatic rings. The van der Waals surface area contributed by atoms with Gasteiger partial charge in [0.25, 0.3) is 0 Å². The van der Waals surface area contributed by atoms with Crippen LogP contribution in [0.2, 0.25) is 5.02 Å². The number of piperazine rings is 1. The van der Waals surface area contributed by atoms with Crippen molar-refractivity contribution in [1.82, 2.24) is 14.8 Å². The fourth-order valence-electron chi connectivity index (χ4n) is 5.16. The van der Waals surface area contributed by atoms with E-state index in [-0.39, 0.29) is 24.0 Å². The molecule has 0 saturated carbocycles. The molecule has 5 rings (SSSR count). The van der Waals surface area contributed by atoms with Crippen LogP contribution < -0.4 is 0 Å². The van der Waals surface area contributed by atoms with E-state index in [0.717, 1.165) is 48.0 Å². The van der Waals surface area contributed by atoms with E-state index in [1.54, 1.807) is 18.3 Å². The fraction of sp³-hybridized carbons (Fsp3) is 0.407. The molecule has 3 aromatic rings. The minimum Gasteiger partial charge on any atom is -0.444 e. The lowest BCUT2D eigenvalue weighted by atomic mass is 10.0. The molecule has 2 unspecified atom stereocenters. The second-order valence-electron chi connectivity index (χ2n) is 10.3. The first-order chi connectivity index (χ1) is 16.2. The highest BCUT2D eigenvalue weighted by molar-refractivity contribution is 6.35. The predicted molar refractivity (Wildman–Crippen MR) is 132 cm³/mol. The lowest BCUT2D eigenvalue weighted by Crippen LogP contribution is -2.56. The summed E-state index contributed by atoms with van der Waals surface area (Å²) in [6.45, 7) is 7.88. The predicted octanol–water partition coefficient (Wildman–Crippen LogP) is 6.28. The molecule has 2 bridgehead atoms. The number of rotatable bonds is 3. The van der Waals surface area contributed by atoms with Gasteiger partial charge in [0.1, 0.15) is 11.4 Å². The van der Waals surface area contributed by atoms with Gasteiger partial charge in [0, 0.05) is 48.9 Å². The smallest absolute Gasteiger partial charge is 0.410 e. The third kappa shape index (κ3) is 4.62. The molecule has 0 aliphatic carbocycles. The SMILES string of the molecule is CC(C)(C)OC(=O)N1C2CCC1CN(Cc1ccc(-c3ccc4nccc(Cl)c4c3)c(F)c1)C2. The molecule has 34 heavy (non-hydrogen) atoms. The van der Waals surface area contributed by atoms with Gasteiger partial charge in [-0.05, 0) is 69.0 Å². The van der Waals surface area contributed by atoms with Crippen LogP contribution in [0.15, 0.2) is 48.7 Å². The fourth-order valence-corrected chi connectivity index (χ4v) is 5.37. The summed E-state index contributed by atoms with van der Waals surface area (Å²) in [6, 6.07) is 13.1. The van der Waals surface area contributed by atoms with Crippen LogP contribution in [0.5, 0.6) is 0 Å². The van der Waals surface area contributed by atoms with E-state index in [0.29, 0.717) is 17.1 Å². The molecule has 5 nitrogen and oxygen atoms in total. The molecule has 178 valence electrons. The third-order valence-corrected chi connectivity index (χ3v) is 6.93. The van der Waals surface area contributed by atoms with Crippen molar-refractivity contribution in [3.05, 3.63) is 65.1 Å². The zero-order chi connectivity index (χ0) is 24.0. The van der Waals surface area contributed by atoms with E-state index in [4.69, 9.17) is 16.3 Å². The molecular weight excluding hydrogens is 453 g/mol. The van der Waals surface area contributed by atoms with Gasteiger partial charge in [0.15, 0.2) is 0 Å². The molecule has 3 heterocycles. The molecule has 2 aromatic carbocycles. The number of benzene rings is 2. The summed E-state index contributed by atoms with van der Waals surface area (Å²) in [5.41, 5.74) is 2.52. The molecule has 2 saturated heterocycles. The number of aromatic nitrogens is 1. The quantitative estimate of drug-likeness (QED) is 0.441. The number of carbonyl (C=O) groups is 1. The maximum Gasteiger partial charge on any atom is 0.410 e. The van der Waals surface area contributed by atoms with E-state index >= 15 is 4.39 Å². The van der Waals surface area contributed by atoms with Crippen LogP contribution in [0.25, 0.3) is 22.0 Å². The van der Waals surface area contributed by atoms with Crippen molar-refractivity contribution in [1.29, 1.82) is 0 Å². The molecule has 0 spiro atoms. The van der Waals surface area contributed by atoms with Crippen molar-refractivity contribution in [3.8, 4) is 11.1 Å². The molecule has 2 aliphatic heterocycles. The Hall–Kier alpha value is -2.70. The van der Waals surface area contributed by atoms with Gasteiger partial charge in [-0.25, -0.2) is 9.18 Å². The van der Waals surface area contributed by atoms with Crippen LogP contribution in [-0.2, 0) is 11.3 Å². The van der Waals surface area contributed by atoms with Crippen LogP contribution >= 0.6 is 11.6 Å². The van der Waals surface area contributed by atoms with Crippen molar-refractivity contribution in [2.24, 2.45) is 0 Å². The second kappa shape index (κ2) is 8.82. The van der Waals surface area contributed by atoms with Gasteiger partial charge in [-0.3, -0.25) is 14.8 Å². The van der Waals surface area contributed by atoms with Crippen molar-refractivity contribution in [2.45, 2.75) is 57.8 Å². The highest BCUT2D eigenvalue weighted by Gasteiger charge is 2.44. The molecular formula is C27H29ClFN3O2. The van der Waals surface area contributed by atoms with Gasteiger partial charge in [-0.2, -0.15) is 0 Å². The largest absolute Gasteiger partial charge is 0.444 e. The molecule has 1 aromatic heterocycles. The summed E-state index contributed by atoms with van der Waals surface area (Å²) in [6.07, 6.45) is 3.40. The molecule has 2 fully saturated rings. The Morgan fingerprint density at radius 3 is 2.53 bits per heavy atom. The summed E-state index contributed by atoms with van der Waals surface area (Å²) in [4.78, 5) is 21.2. The first-order valence-electron chi connectivity index (χ1n) is 11.7. The summed E-state index contributed by atoms with van der Waals surface area (Å²) < 4.78 is 20.8. The molecule has 2 atom stereocenters. The topological polar surface area (TPSA) is 45.7 Å². The van der Waals surface area contributed by atoms with Gasteiger partial charge in [0.2, 0.25) is 0 Å². The minimum atomic E-state index is -0.500. The zero-order valence-electron chi connectivity index (χ0n) is 19.7.